The van der Waals surface area contributed by atoms with Crippen LogP contribution < -0.4 is 0 Å². The van der Waals surface area contributed by atoms with E-state index < -0.39 is 10.0 Å². The topological polar surface area (TPSA) is 42.3 Å². The van der Waals surface area contributed by atoms with Crippen molar-refractivity contribution < 1.29 is 8.42 Å². The van der Waals surface area contributed by atoms with Gasteiger partial charge in [-0.3, -0.25) is 0 Å². The Kier molecular flexibility index (Phi) is 5.18. The van der Waals surface area contributed by atoms with Gasteiger partial charge in [0.1, 0.15) is 0 Å². The Balaban J connectivity index is 1.48. The molecule has 0 aliphatic carbocycles. The highest BCUT2D eigenvalue weighted by Crippen LogP contribution is 2.24. The van der Waals surface area contributed by atoms with Gasteiger partial charge in [-0.1, -0.05) is 30.3 Å². The van der Waals surface area contributed by atoms with Crippen LogP contribution in [0.25, 0.3) is 0 Å². The molecule has 0 atom stereocenters. The summed E-state index contributed by atoms with van der Waals surface area (Å²) >= 11 is 0. The maximum absolute atomic E-state index is 12.5. The van der Waals surface area contributed by atoms with Crippen LogP contribution in [-0.4, -0.2) is 36.1 Å². The molecule has 124 valence electrons. The normalized spacial score (nSPS) is 17.4. The number of hydrogen-bond acceptors (Lipinski definition) is 2. The first-order valence-electron chi connectivity index (χ1n) is 8.29. The Hall–Kier alpha value is -1.59. The van der Waals surface area contributed by atoms with Crippen LogP contribution in [-0.2, 0) is 16.4 Å². The highest BCUT2D eigenvalue weighted by Gasteiger charge is 2.27. The SMILES string of the molecule is O=S(=O)(CCCc1ccccc1)N1CCC(n2cccc2)CC1. The van der Waals surface area contributed by atoms with E-state index in [2.05, 4.69) is 29.1 Å². The average Bonchev–Trinajstić information content (AvgIpc) is 3.10. The molecule has 0 bridgehead atoms. The lowest BCUT2D eigenvalue weighted by Gasteiger charge is -2.32. The molecule has 1 aromatic heterocycles. The molecule has 1 saturated heterocycles. The van der Waals surface area contributed by atoms with E-state index in [4.69, 9.17) is 0 Å². The van der Waals surface area contributed by atoms with Gasteiger partial charge in [0.25, 0.3) is 0 Å². The summed E-state index contributed by atoms with van der Waals surface area (Å²) < 4.78 is 28.8. The predicted molar refractivity (Wildman–Crippen MR) is 92.8 cm³/mol. The maximum Gasteiger partial charge on any atom is 0.214 e. The first kappa shape index (κ1) is 16.3. The van der Waals surface area contributed by atoms with E-state index in [9.17, 15) is 8.42 Å². The predicted octanol–water partition coefficient (Wildman–Crippen LogP) is 3.09. The second kappa shape index (κ2) is 7.32. The van der Waals surface area contributed by atoms with E-state index in [1.54, 1.807) is 4.31 Å². The molecule has 0 saturated carbocycles. The second-order valence-electron chi connectivity index (χ2n) is 6.17. The quantitative estimate of drug-likeness (QED) is 0.816. The molecule has 2 aromatic rings. The monoisotopic (exact) mass is 332 g/mol. The summed E-state index contributed by atoms with van der Waals surface area (Å²) in [5.74, 6) is 0.246. The molecule has 23 heavy (non-hydrogen) atoms. The Morgan fingerprint density at radius 3 is 2.26 bits per heavy atom. The van der Waals surface area contributed by atoms with Crippen molar-refractivity contribution in [1.82, 2.24) is 8.87 Å². The highest BCUT2D eigenvalue weighted by molar-refractivity contribution is 7.89. The Labute approximate surface area is 138 Å². The molecule has 1 aliphatic heterocycles. The third-order valence-corrected chi connectivity index (χ3v) is 6.53. The van der Waals surface area contributed by atoms with Gasteiger partial charge >= 0.3 is 0 Å². The minimum atomic E-state index is -3.12. The standard InChI is InChI=1S/C18H24N2O2S/c21-23(22,16-6-9-17-7-2-1-3-8-17)20-14-10-18(11-15-20)19-12-4-5-13-19/h1-5,7-8,12-13,18H,6,9-11,14-16H2. The van der Waals surface area contributed by atoms with Crippen LogP contribution in [0.5, 0.6) is 0 Å². The smallest absolute Gasteiger partial charge is 0.214 e. The molecule has 0 radical (unpaired) electrons. The molecule has 4 nitrogen and oxygen atoms in total. The molecule has 0 spiro atoms. The van der Waals surface area contributed by atoms with Crippen molar-refractivity contribution in [1.29, 1.82) is 0 Å². The molecular formula is C18H24N2O2S. The van der Waals surface area contributed by atoms with E-state index in [-0.39, 0.29) is 5.75 Å². The Bertz CT molecular complexity index is 688. The average molecular weight is 332 g/mol. The zero-order valence-electron chi connectivity index (χ0n) is 13.3. The lowest BCUT2D eigenvalue weighted by molar-refractivity contribution is 0.274. The lowest BCUT2D eigenvalue weighted by atomic mass is 10.1. The van der Waals surface area contributed by atoms with E-state index in [0.29, 0.717) is 25.6 Å². The zero-order valence-corrected chi connectivity index (χ0v) is 14.2. The van der Waals surface area contributed by atoms with Crippen molar-refractivity contribution in [3.05, 3.63) is 60.4 Å². The fourth-order valence-electron chi connectivity index (χ4n) is 3.24. The summed E-state index contributed by atoms with van der Waals surface area (Å²) in [4.78, 5) is 0. The van der Waals surface area contributed by atoms with Gasteiger partial charge in [-0.2, -0.15) is 0 Å². The van der Waals surface area contributed by atoms with Gasteiger partial charge in [-0.15, -0.1) is 0 Å². The maximum atomic E-state index is 12.5. The number of nitrogens with zero attached hydrogens (tertiary/aromatic N) is 2. The van der Waals surface area contributed by atoms with Crippen molar-refractivity contribution in [3.8, 4) is 0 Å². The summed E-state index contributed by atoms with van der Waals surface area (Å²) in [6.07, 6.45) is 7.42. The van der Waals surface area contributed by atoms with E-state index >= 15 is 0 Å². The third-order valence-electron chi connectivity index (χ3n) is 4.58. The van der Waals surface area contributed by atoms with Crippen LogP contribution in [0.1, 0.15) is 30.9 Å². The lowest BCUT2D eigenvalue weighted by Crippen LogP contribution is -2.40. The molecule has 0 N–H and O–H groups in total. The Morgan fingerprint density at radius 2 is 1.61 bits per heavy atom. The van der Waals surface area contributed by atoms with Gasteiger partial charge in [-0.25, -0.2) is 12.7 Å². The number of aromatic nitrogens is 1. The third kappa shape index (κ3) is 4.24. The number of aryl methyl sites for hydroxylation is 1. The van der Waals surface area contributed by atoms with Crippen molar-refractivity contribution in [2.75, 3.05) is 18.8 Å². The summed E-state index contributed by atoms with van der Waals surface area (Å²) in [7, 11) is -3.12. The van der Waals surface area contributed by atoms with Gasteiger partial charge in [0.15, 0.2) is 0 Å². The molecule has 0 amide bonds. The van der Waals surface area contributed by atoms with Gasteiger partial charge in [0.2, 0.25) is 10.0 Å². The van der Waals surface area contributed by atoms with Crippen LogP contribution in [0.15, 0.2) is 54.9 Å². The first-order valence-corrected chi connectivity index (χ1v) is 9.90. The zero-order chi connectivity index (χ0) is 16.1. The fraction of sp³-hybridized carbons (Fsp3) is 0.444. The fourth-order valence-corrected chi connectivity index (χ4v) is 4.78. The van der Waals surface area contributed by atoms with E-state index in [1.165, 1.54) is 5.56 Å². The summed E-state index contributed by atoms with van der Waals surface area (Å²) in [5.41, 5.74) is 1.20. The second-order valence-corrected chi connectivity index (χ2v) is 8.25. The van der Waals surface area contributed by atoms with Crippen molar-refractivity contribution in [3.63, 3.8) is 0 Å². The van der Waals surface area contributed by atoms with Crippen LogP contribution in [0.3, 0.4) is 0 Å². The highest BCUT2D eigenvalue weighted by atomic mass is 32.2. The van der Waals surface area contributed by atoms with Crippen LogP contribution in [0.2, 0.25) is 0 Å². The van der Waals surface area contributed by atoms with Crippen molar-refractivity contribution in [2.24, 2.45) is 0 Å². The molecule has 1 aliphatic rings. The number of hydrogen-bond donors (Lipinski definition) is 0. The van der Waals surface area contributed by atoms with E-state index in [0.717, 1.165) is 19.3 Å². The molecule has 1 aromatic carbocycles. The summed E-state index contributed by atoms with van der Waals surface area (Å²) in [5, 5.41) is 0. The van der Waals surface area contributed by atoms with Gasteiger partial charge in [0.05, 0.1) is 5.75 Å². The molecular weight excluding hydrogens is 308 g/mol. The molecule has 3 rings (SSSR count). The van der Waals surface area contributed by atoms with Gasteiger partial charge in [0, 0.05) is 31.5 Å². The van der Waals surface area contributed by atoms with Crippen LogP contribution in [0.4, 0.5) is 0 Å². The largest absolute Gasteiger partial charge is 0.351 e. The van der Waals surface area contributed by atoms with Crippen molar-refractivity contribution >= 4 is 10.0 Å². The Morgan fingerprint density at radius 1 is 0.957 bits per heavy atom. The summed E-state index contributed by atoms with van der Waals surface area (Å²) in [6.45, 7) is 1.27. The first-order chi connectivity index (χ1) is 11.1. The molecule has 2 heterocycles. The van der Waals surface area contributed by atoms with Crippen LogP contribution >= 0.6 is 0 Å². The molecule has 0 unspecified atom stereocenters. The van der Waals surface area contributed by atoms with Gasteiger partial charge < -0.3 is 4.57 Å². The van der Waals surface area contributed by atoms with Crippen molar-refractivity contribution in [2.45, 2.75) is 31.7 Å². The molecule has 1 fully saturated rings. The minimum Gasteiger partial charge on any atom is -0.351 e. The van der Waals surface area contributed by atoms with Crippen LogP contribution in [0, 0.1) is 0 Å². The number of rotatable bonds is 6. The van der Waals surface area contributed by atoms with E-state index in [1.807, 2.05) is 30.3 Å². The number of benzene rings is 1. The number of piperidine rings is 1. The molecule has 5 heteroatoms. The van der Waals surface area contributed by atoms with Gasteiger partial charge in [-0.05, 0) is 43.4 Å². The minimum absolute atomic E-state index is 0.246. The summed E-state index contributed by atoms with van der Waals surface area (Å²) in [6, 6.07) is 14.5. The number of sulfonamides is 1.